The Morgan fingerprint density at radius 1 is 1.00 bits per heavy atom. The van der Waals surface area contributed by atoms with E-state index < -0.39 is 0 Å². The molecular formula is C18H25N5O2. The van der Waals surface area contributed by atoms with Gasteiger partial charge >= 0.3 is 0 Å². The summed E-state index contributed by atoms with van der Waals surface area (Å²) in [6.07, 6.45) is 1.61. The van der Waals surface area contributed by atoms with Gasteiger partial charge in [-0.15, -0.1) is 0 Å². The van der Waals surface area contributed by atoms with Crippen molar-refractivity contribution >= 4 is 17.3 Å². The molecule has 2 heterocycles. The van der Waals surface area contributed by atoms with Crippen molar-refractivity contribution < 1.29 is 9.47 Å². The normalized spacial score (nSPS) is 14.5. The summed E-state index contributed by atoms with van der Waals surface area (Å²) in [5.74, 6) is 2.68. The van der Waals surface area contributed by atoms with E-state index in [0.29, 0.717) is 6.61 Å². The SMILES string of the molecule is COCCNc1cc(N2CCN(c3ccc(OC)cc3)CC2)ncn1. The molecule has 1 saturated heterocycles. The molecule has 3 rings (SSSR count). The summed E-state index contributed by atoms with van der Waals surface area (Å²) < 4.78 is 10.3. The number of benzene rings is 1. The minimum absolute atomic E-state index is 0.653. The monoisotopic (exact) mass is 343 g/mol. The van der Waals surface area contributed by atoms with Crippen LogP contribution in [-0.2, 0) is 4.74 Å². The van der Waals surface area contributed by atoms with Crippen molar-refractivity contribution in [3.63, 3.8) is 0 Å². The van der Waals surface area contributed by atoms with Gasteiger partial charge in [0.15, 0.2) is 0 Å². The maximum Gasteiger partial charge on any atom is 0.134 e. The Labute approximate surface area is 148 Å². The van der Waals surface area contributed by atoms with E-state index in [4.69, 9.17) is 9.47 Å². The van der Waals surface area contributed by atoms with E-state index in [2.05, 4.69) is 37.2 Å². The number of anilines is 3. The van der Waals surface area contributed by atoms with Gasteiger partial charge in [0.25, 0.3) is 0 Å². The highest BCUT2D eigenvalue weighted by Crippen LogP contribution is 2.22. The number of nitrogens with one attached hydrogen (secondary N) is 1. The van der Waals surface area contributed by atoms with Crippen LogP contribution in [0.4, 0.5) is 17.3 Å². The second-order valence-electron chi connectivity index (χ2n) is 5.85. The average Bonchev–Trinajstić information content (AvgIpc) is 2.69. The smallest absolute Gasteiger partial charge is 0.134 e. The molecule has 0 spiro atoms. The molecule has 1 aromatic heterocycles. The van der Waals surface area contributed by atoms with Crippen LogP contribution in [0.25, 0.3) is 0 Å². The van der Waals surface area contributed by atoms with Gasteiger partial charge in [0.2, 0.25) is 0 Å². The van der Waals surface area contributed by atoms with Gasteiger partial charge in [0, 0.05) is 51.6 Å². The van der Waals surface area contributed by atoms with Crippen LogP contribution in [0.3, 0.4) is 0 Å². The molecule has 25 heavy (non-hydrogen) atoms. The fraction of sp³-hybridized carbons (Fsp3) is 0.444. The zero-order chi connectivity index (χ0) is 17.5. The van der Waals surface area contributed by atoms with E-state index in [1.807, 2.05) is 18.2 Å². The number of piperazine rings is 1. The maximum atomic E-state index is 5.22. The summed E-state index contributed by atoms with van der Waals surface area (Å²) in [5.41, 5.74) is 1.23. The van der Waals surface area contributed by atoms with E-state index in [1.165, 1.54) is 5.69 Å². The molecule has 1 aliphatic heterocycles. The average molecular weight is 343 g/mol. The lowest BCUT2D eigenvalue weighted by Gasteiger charge is -2.36. The summed E-state index contributed by atoms with van der Waals surface area (Å²) in [6, 6.07) is 10.2. The molecule has 0 bridgehead atoms. The molecule has 1 aromatic carbocycles. The second kappa shape index (κ2) is 8.53. The molecule has 2 aromatic rings. The van der Waals surface area contributed by atoms with Crippen molar-refractivity contribution in [2.24, 2.45) is 0 Å². The summed E-state index contributed by atoms with van der Waals surface area (Å²) in [6.45, 7) is 5.17. The summed E-state index contributed by atoms with van der Waals surface area (Å²) >= 11 is 0. The third-order valence-electron chi connectivity index (χ3n) is 4.31. The largest absolute Gasteiger partial charge is 0.497 e. The maximum absolute atomic E-state index is 5.22. The van der Waals surface area contributed by atoms with Crippen LogP contribution in [-0.4, -0.2) is 63.5 Å². The Kier molecular flexibility index (Phi) is 5.90. The van der Waals surface area contributed by atoms with Gasteiger partial charge in [0.05, 0.1) is 13.7 Å². The van der Waals surface area contributed by atoms with Crippen LogP contribution in [0, 0.1) is 0 Å². The van der Waals surface area contributed by atoms with Gasteiger partial charge in [0.1, 0.15) is 23.7 Å². The molecule has 7 nitrogen and oxygen atoms in total. The minimum Gasteiger partial charge on any atom is -0.497 e. The van der Waals surface area contributed by atoms with Crippen molar-refractivity contribution in [1.82, 2.24) is 9.97 Å². The third-order valence-corrected chi connectivity index (χ3v) is 4.31. The van der Waals surface area contributed by atoms with E-state index >= 15 is 0 Å². The molecule has 134 valence electrons. The van der Waals surface area contributed by atoms with Crippen LogP contribution in [0.5, 0.6) is 5.75 Å². The molecule has 1 aliphatic rings. The topological polar surface area (TPSA) is 62.8 Å². The van der Waals surface area contributed by atoms with Crippen molar-refractivity contribution in [2.45, 2.75) is 0 Å². The number of ether oxygens (including phenoxy) is 2. The van der Waals surface area contributed by atoms with Crippen molar-refractivity contribution in [1.29, 1.82) is 0 Å². The predicted octanol–water partition coefficient (Wildman–Crippen LogP) is 1.87. The number of hydrogen-bond acceptors (Lipinski definition) is 7. The molecular weight excluding hydrogens is 318 g/mol. The van der Waals surface area contributed by atoms with Crippen LogP contribution in [0.2, 0.25) is 0 Å². The Bertz CT molecular complexity index is 657. The first-order chi connectivity index (χ1) is 12.3. The zero-order valence-corrected chi connectivity index (χ0v) is 14.8. The molecule has 0 radical (unpaired) electrons. The first kappa shape index (κ1) is 17.3. The first-order valence-electron chi connectivity index (χ1n) is 8.49. The Morgan fingerprint density at radius 2 is 1.72 bits per heavy atom. The number of hydrogen-bond donors (Lipinski definition) is 1. The van der Waals surface area contributed by atoms with Crippen molar-refractivity contribution in [3.05, 3.63) is 36.7 Å². The number of nitrogens with zero attached hydrogens (tertiary/aromatic N) is 4. The fourth-order valence-electron chi connectivity index (χ4n) is 2.88. The number of rotatable bonds is 7. The molecule has 0 amide bonds. The number of aromatic nitrogens is 2. The highest BCUT2D eigenvalue weighted by molar-refractivity contribution is 5.53. The van der Waals surface area contributed by atoms with E-state index in [-0.39, 0.29) is 0 Å². The molecule has 1 fully saturated rings. The van der Waals surface area contributed by atoms with Gasteiger partial charge < -0.3 is 24.6 Å². The lowest BCUT2D eigenvalue weighted by atomic mass is 10.2. The summed E-state index contributed by atoms with van der Waals surface area (Å²) in [7, 11) is 3.38. The highest BCUT2D eigenvalue weighted by atomic mass is 16.5. The molecule has 0 aliphatic carbocycles. The standard InChI is InChI=1S/C18H25N5O2/c1-24-12-7-19-17-13-18(21-14-20-17)23-10-8-22(9-11-23)15-3-5-16(25-2)6-4-15/h3-6,13-14H,7-12H2,1-2H3,(H,19,20,21). The first-order valence-corrected chi connectivity index (χ1v) is 8.49. The highest BCUT2D eigenvalue weighted by Gasteiger charge is 2.18. The van der Waals surface area contributed by atoms with E-state index in [1.54, 1.807) is 20.5 Å². The Hall–Kier alpha value is -2.54. The van der Waals surface area contributed by atoms with Crippen LogP contribution >= 0.6 is 0 Å². The zero-order valence-electron chi connectivity index (χ0n) is 14.8. The predicted molar refractivity (Wildman–Crippen MR) is 99.8 cm³/mol. The lowest BCUT2D eigenvalue weighted by Crippen LogP contribution is -2.46. The molecule has 0 unspecified atom stereocenters. The second-order valence-corrected chi connectivity index (χ2v) is 5.85. The molecule has 0 saturated carbocycles. The Morgan fingerprint density at radius 3 is 2.40 bits per heavy atom. The van der Waals surface area contributed by atoms with Gasteiger partial charge in [-0.25, -0.2) is 9.97 Å². The quantitative estimate of drug-likeness (QED) is 0.770. The van der Waals surface area contributed by atoms with Crippen molar-refractivity contribution in [2.75, 3.05) is 68.7 Å². The summed E-state index contributed by atoms with van der Waals surface area (Å²) in [5, 5.41) is 3.25. The number of methoxy groups -OCH3 is 2. The van der Waals surface area contributed by atoms with Gasteiger partial charge in [-0.05, 0) is 24.3 Å². The van der Waals surface area contributed by atoms with Gasteiger partial charge in [-0.3, -0.25) is 0 Å². The summed E-state index contributed by atoms with van der Waals surface area (Å²) in [4.78, 5) is 13.4. The van der Waals surface area contributed by atoms with Crippen molar-refractivity contribution in [3.8, 4) is 5.75 Å². The van der Waals surface area contributed by atoms with E-state index in [0.717, 1.165) is 50.1 Å². The molecule has 1 N–H and O–H groups in total. The Balaban J connectivity index is 1.57. The van der Waals surface area contributed by atoms with Gasteiger partial charge in [-0.1, -0.05) is 0 Å². The van der Waals surface area contributed by atoms with Crippen LogP contribution in [0.1, 0.15) is 0 Å². The third kappa shape index (κ3) is 4.51. The lowest BCUT2D eigenvalue weighted by molar-refractivity contribution is 0.210. The van der Waals surface area contributed by atoms with Gasteiger partial charge in [-0.2, -0.15) is 0 Å². The van der Waals surface area contributed by atoms with Crippen LogP contribution < -0.4 is 19.9 Å². The molecule has 0 atom stereocenters. The minimum atomic E-state index is 0.653. The van der Waals surface area contributed by atoms with E-state index in [9.17, 15) is 0 Å². The molecule has 7 heteroatoms. The van der Waals surface area contributed by atoms with Crippen LogP contribution in [0.15, 0.2) is 36.7 Å². The fourth-order valence-corrected chi connectivity index (χ4v) is 2.88.